The topological polar surface area (TPSA) is 91.3 Å². The lowest BCUT2D eigenvalue weighted by Gasteiger charge is -2.66. The van der Waals surface area contributed by atoms with Crippen LogP contribution in [-0.2, 0) is 27.3 Å². The maximum Gasteiger partial charge on any atom is 0.342 e. The molecule has 174 valence electrons. The van der Waals surface area contributed by atoms with E-state index in [-0.39, 0.29) is 24.5 Å². The van der Waals surface area contributed by atoms with E-state index >= 15 is 0 Å². The van der Waals surface area contributed by atoms with Crippen molar-refractivity contribution in [1.82, 2.24) is 0 Å². The summed E-state index contributed by atoms with van der Waals surface area (Å²) in [6.45, 7) is 9.90. The molecular weight excluding hydrogens is 412 g/mol. The fourth-order valence-corrected chi connectivity index (χ4v) is 7.22. The summed E-state index contributed by atoms with van der Waals surface area (Å²) in [6, 6.07) is 0. The van der Waals surface area contributed by atoms with Gasteiger partial charge in [0.05, 0.1) is 12.7 Å². The van der Waals surface area contributed by atoms with E-state index in [9.17, 15) is 14.7 Å². The molecule has 1 aromatic rings. The standard InChI is InChI=1S/C25H32O7/c1-13-15-12-30-21(27)18(15)20(29-6)14-11-16-23(4)8-7-17(26)31-25(23,22(2,3)28)10-9-24(16,5)32-19(13)14/h16,28H,7-12H2,1-6H3/t16-,23-,24-,25+/m1/s1. The van der Waals surface area contributed by atoms with Crippen molar-refractivity contribution < 1.29 is 33.6 Å². The molecule has 3 heterocycles. The third-order valence-electron chi connectivity index (χ3n) is 8.90. The molecule has 0 unspecified atom stereocenters. The van der Waals surface area contributed by atoms with Crippen LogP contribution in [0.1, 0.15) is 80.4 Å². The van der Waals surface area contributed by atoms with E-state index in [0.717, 1.165) is 22.4 Å². The number of esters is 2. The summed E-state index contributed by atoms with van der Waals surface area (Å²) in [5, 5.41) is 11.3. The summed E-state index contributed by atoms with van der Waals surface area (Å²) in [5.74, 6) is 0.591. The number of hydrogen-bond acceptors (Lipinski definition) is 7. The highest BCUT2D eigenvalue weighted by Gasteiger charge is 2.71. The van der Waals surface area contributed by atoms with Crippen LogP contribution < -0.4 is 9.47 Å². The number of aliphatic hydroxyl groups is 1. The van der Waals surface area contributed by atoms with E-state index < -0.39 is 22.2 Å². The molecule has 3 aliphatic heterocycles. The Bertz CT molecular complexity index is 1040. The predicted molar refractivity (Wildman–Crippen MR) is 115 cm³/mol. The van der Waals surface area contributed by atoms with Gasteiger partial charge in [-0.2, -0.15) is 0 Å². The number of methoxy groups -OCH3 is 1. The van der Waals surface area contributed by atoms with Crippen LogP contribution in [0.4, 0.5) is 0 Å². The predicted octanol–water partition coefficient (Wildman–Crippen LogP) is 3.63. The molecule has 1 aromatic carbocycles. The zero-order valence-corrected chi connectivity index (χ0v) is 19.7. The Morgan fingerprint density at radius 2 is 1.81 bits per heavy atom. The van der Waals surface area contributed by atoms with E-state index in [0.29, 0.717) is 43.4 Å². The number of rotatable bonds is 2. The van der Waals surface area contributed by atoms with Crippen molar-refractivity contribution in [1.29, 1.82) is 0 Å². The number of ether oxygens (including phenoxy) is 4. The van der Waals surface area contributed by atoms with Gasteiger partial charge in [-0.25, -0.2) is 4.79 Å². The zero-order chi connectivity index (χ0) is 23.3. The highest BCUT2D eigenvalue weighted by Crippen LogP contribution is 2.65. The fourth-order valence-electron chi connectivity index (χ4n) is 7.22. The SMILES string of the molecule is COc1c2c(c(C)c3c1C(=O)OC3)O[C@]1(C)CC[C@@]3(C(C)(C)O)OC(=O)CC[C@]3(C)[C@H]1C2. The first kappa shape index (κ1) is 21.6. The maximum absolute atomic E-state index is 12.5. The minimum atomic E-state index is -1.22. The van der Waals surface area contributed by atoms with Crippen LogP contribution in [-0.4, -0.2) is 41.0 Å². The molecule has 0 radical (unpaired) electrons. The Morgan fingerprint density at radius 3 is 2.47 bits per heavy atom. The van der Waals surface area contributed by atoms with Gasteiger partial charge in [-0.15, -0.1) is 0 Å². The van der Waals surface area contributed by atoms with Crippen molar-refractivity contribution in [3.63, 3.8) is 0 Å². The van der Waals surface area contributed by atoms with E-state index in [4.69, 9.17) is 18.9 Å². The highest BCUT2D eigenvalue weighted by atomic mass is 16.6. The van der Waals surface area contributed by atoms with E-state index in [1.807, 2.05) is 6.92 Å². The molecule has 5 rings (SSSR count). The van der Waals surface area contributed by atoms with Crippen LogP contribution in [0.3, 0.4) is 0 Å². The Morgan fingerprint density at radius 1 is 1.09 bits per heavy atom. The number of hydrogen-bond donors (Lipinski definition) is 1. The Labute approximate surface area is 188 Å². The molecule has 1 N–H and O–H groups in total. The summed E-state index contributed by atoms with van der Waals surface area (Å²) in [4.78, 5) is 24.9. The van der Waals surface area contributed by atoms with Gasteiger partial charge < -0.3 is 24.1 Å². The molecule has 1 saturated carbocycles. The van der Waals surface area contributed by atoms with Gasteiger partial charge in [0.2, 0.25) is 0 Å². The third-order valence-corrected chi connectivity index (χ3v) is 8.90. The molecule has 0 spiro atoms. The molecule has 0 aromatic heterocycles. The van der Waals surface area contributed by atoms with Gasteiger partial charge in [0.15, 0.2) is 0 Å². The van der Waals surface area contributed by atoms with Crippen LogP contribution in [0.2, 0.25) is 0 Å². The average molecular weight is 445 g/mol. The second-order valence-corrected chi connectivity index (χ2v) is 10.8. The molecule has 1 aliphatic carbocycles. The molecule has 0 bridgehead atoms. The largest absolute Gasteiger partial charge is 0.495 e. The first-order valence-corrected chi connectivity index (χ1v) is 11.4. The molecular formula is C25H32O7. The van der Waals surface area contributed by atoms with Crippen molar-refractivity contribution in [2.45, 2.75) is 90.1 Å². The van der Waals surface area contributed by atoms with Gasteiger partial charge in [-0.05, 0) is 58.9 Å². The Kier molecular flexibility index (Phi) is 4.31. The van der Waals surface area contributed by atoms with Crippen molar-refractivity contribution in [2.75, 3.05) is 7.11 Å². The van der Waals surface area contributed by atoms with Crippen LogP contribution >= 0.6 is 0 Å². The second-order valence-electron chi connectivity index (χ2n) is 10.8. The average Bonchev–Trinajstić information content (AvgIpc) is 3.10. The molecule has 1 saturated heterocycles. The monoisotopic (exact) mass is 444 g/mol. The fraction of sp³-hybridized carbons (Fsp3) is 0.680. The van der Waals surface area contributed by atoms with Gasteiger partial charge in [0.25, 0.3) is 0 Å². The Hall–Kier alpha value is -2.28. The number of carbonyl (C=O) groups excluding carboxylic acids is 2. The Balaban J connectivity index is 1.71. The number of carbonyl (C=O) groups is 2. The molecule has 4 aliphatic rings. The lowest BCUT2D eigenvalue weighted by atomic mass is 9.46. The van der Waals surface area contributed by atoms with Gasteiger partial charge in [0, 0.05) is 28.9 Å². The summed E-state index contributed by atoms with van der Waals surface area (Å²) >= 11 is 0. The molecule has 2 fully saturated rings. The molecule has 4 atom stereocenters. The van der Waals surface area contributed by atoms with Crippen LogP contribution in [0.5, 0.6) is 11.5 Å². The molecule has 7 nitrogen and oxygen atoms in total. The summed E-state index contributed by atoms with van der Waals surface area (Å²) < 4.78 is 23.9. The normalized spacial score (nSPS) is 35.5. The lowest BCUT2D eigenvalue weighted by molar-refractivity contribution is -0.289. The van der Waals surface area contributed by atoms with E-state index in [1.165, 1.54) is 0 Å². The van der Waals surface area contributed by atoms with Gasteiger partial charge >= 0.3 is 11.9 Å². The maximum atomic E-state index is 12.5. The van der Waals surface area contributed by atoms with Gasteiger partial charge in [-0.1, -0.05) is 6.92 Å². The molecule has 7 heteroatoms. The van der Waals surface area contributed by atoms with Crippen molar-refractivity contribution >= 4 is 11.9 Å². The first-order chi connectivity index (χ1) is 14.9. The van der Waals surface area contributed by atoms with Gasteiger partial charge in [0.1, 0.15) is 34.9 Å². The summed E-state index contributed by atoms with van der Waals surface area (Å²) in [7, 11) is 1.57. The number of cyclic esters (lactones) is 1. The minimum absolute atomic E-state index is 0.0560. The van der Waals surface area contributed by atoms with Crippen LogP contribution in [0, 0.1) is 18.3 Å². The summed E-state index contributed by atoms with van der Waals surface area (Å²) in [6.07, 6.45) is 2.66. The van der Waals surface area contributed by atoms with Crippen molar-refractivity contribution in [3.8, 4) is 11.5 Å². The van der Waals surface area contributed by atoms with Crippen LogP contribution in [0.25, 0.3) is 0 Å². The first-order valence-electron chi connectivity index (χ1n) is 11.4. The number of fused-ring (bicyclic) bond motifs is 5. The van der Waals surface area contributed by atoms with Crippen molar-refractivity contribution in [3.05, 3.63) is 22.3 Å². The lowest BCUT2D eigenvalue weighted by Crippen LogP contribution is -2.74. The van der Waals surface area contributed by atoms with Crippen LogP contribution in [0.15, 0.2) is 0 Å². The molecule has 0 amide bonds. The smallest absolute Gasteiger partial charge is 0.342 e. The summed E-state index contributed by atoms with van der Waals surface area (Å²) in [5.41, 5.74) is -0.182. The number of benzene rings is 1. The van der Waals surface area contributed by atoms with E-state index in [1.54, 1.807) is 21.0 Å². The zero-order valence-electron chi connectivity index (χ0n) is 19.7. The highest BCUT2D eigenvalue weighted by molar-refractivity contribution is 5.98. The minimum Gasteiger partial charge on any atom is -0.495 e. The van der Waals surface area contributed by atoms with Gasteiger partial charge in [-0.3, -0.25) is 4.79 Å². The van der Waals surface area contributed by atoms with Crippen molar-refractivity contribution in [2.24, 2.45) is 11.3 Å². The quantitative estimate of drug-likeness (QED) is 0.697. The second kappa shape index (κ2) is 6.40. The third kappa shape index (κ3) is 2.46. The molecule has 32 heavy (non-hydrogen) atoms. The van der Waals surface area contributed by atoms with E-state index in [2.05, 4.69) is 13.8 Å².